The number of aryl methyl sites for hydroxylation is 1. The number of aromatic nitrogens is 1. The normalized spacial score (nSPS) is 15.2. The molecule has 1 aromatic heterocycles. The van der Waals surface area contributed by atoms with Crippen LogP contribution in [-0.2, 0) is 13.6 Å². The maximum atomic E-state index is 8.87. The van der Waals surface area contributed by atoms with Gasteiger partial charge in [-0.2, -0.15) is 5.26 Å². The van der Waals surface area contributed by atoms with Crippen molar-refractivity contribution < 1.29 is 0 Å². The van der Waals surface area contributed by atoms with E-state index >= 15 is 0 Å². The molecule has 0 saturated heterocycles. The molecule has 96 valence electrons. The Morgan fingerprint density at radius 3 is 3.00 bits per heavy atom. The Kier molecular flexibility index (Phi) is 4.60. The highest BCUT2D eigenvalue weighted by Crippen LogP contribution is 2.19. The molecule has 1 aliphatic rings. The summed E-state index contributed by atoms with van der Waals surface area (Å²) in [6.07, 6.45) is 10.9. The van der Waals surface area contributed by atoms with Gasteiger partial charge in [0.05, 0.1) is 0 Å². The molecular formula is C15H21N3. The van der Waals surface area contributed by atoms with Crippen molar-refractivity contribution in [2.45, 2.75) is 38.6 Å². The molecule has 3 heteroatoms. The van der Waals surface area contributed by atoms with Gasteiger partial charge in [-0.25, -0.2) is 0 Å². The smallest absolute Gasteiger partial charge is 0.120 e. The second-order valence-corrected chi connectivity index (χ2v) is 4.99. The summed E-state index contributed by atoms with van der Waals surface area (Å²) in [7, 11) is 1.91. The van der Waals surface area contributed by atoms with Crippen LogP contribution >= 0.6 is 0 Å². The van der Waals surface area contributed by atoms with Gasteiger partial charge in [0.2, 0.25) is 0 Å². The lowest BCUT2D eigenvalue weighted by molar-refractivity contribution is 0.632. The van der Waals surface area contributed by atoms with Gasteiger partial charge in [-0.15, -0.1) is 0 Å². The standard InChI is InChI=1S/C15H21N3/c1-18-12-14(9-15(18)10-16)11-17-8-7-13-5-3-2-4-6-13/h5,9,12,17H,2-4,6-8,11H2,1H3. The topological polar surface area (TPSA) is 40.8 Å². The molecule has 1 N–H and O–H groups in total. The second kappa shape index (κ2) is 6.42. The molecule has 0 spiro atoms. The molecule has 1 aliphatic carbocycles. The van der Waals surface area contributed by atoms with Crippen molar-refractivity contribution in [3.8, 4) is 6.07 Å². The van der Waals surface area contributed by atoms with E-state index in [1.165, 1.54) is 31.2 Å². The first-order valence-electron chi connectivity index (χ1n) is 6.73. The third-order valence-electron chi connectivity index (χ3n) is 3.51. The first-order valence-corrected chi connectivity index (χ1v) is 6.73. The zero-order chi connectivity index (χ0) is 12.8. The predicted molar refractivity (Wildman–Crippen MR) is 73.0 cm³/mol. The summed E-state index contributed by atoms with van der Waals surface area (Å²) in [6.45, 7) is 1.88. The number of hydrogen-bond donors (Lipinski definition) is 1. The molecule has 0 fully saturated rings. The van der Waals surface area contributed by atoms with E-state index in [1.54, 1.807) is 5.57 Å². The highest BCUT2D eigenvalue weighted by molar-refractivity contribution is 5.28. The molecule has 0 saturated carbocycles. The van der Waals surface area contributed by atoms with Crippen LogP contribution in [0.25, 0.3) is 0 Å². The summed E-state index contributed by atoms with van der Waals surface area (Å²) in [5, 5.41) is 12.3. The van der Waals surface area contributed by atoms with Crippen LogP contribution in [0, 0.1) is 11.3 Å². The summed E-state index contributed by atoms with van der Waals surface area (Å²) in [5.41, 5.74) is 3.52. The number of allylic oxidation sites excluding steroid dienone is 1. The SMILES string of the molecule is Cn1cc(CNCCC2=CCCCC2)cc1C#N. The van der Waals surface area contributed by atoms with E-state index in [9.17, 15) is 0 Å². The van der Waals surface area contributed by atoms with Gasteiger partial charge in [0.15, 0.2) is 0 Å². The Labute approximate surface area is 109 Å². The lowest BCUT2D eigenvalue weighted by Crippen LogP contribution is -2.15. The molecular weight excluding hydrogens is 222 g/mol. The number of nitriles is 1. The fourth-order valence-corrected chi connectivity index (χ4v) is 2.45. The minimum atomic E-state index is 0.724. The van der Waals surface area contributed by atoms with Crippen molar-refractivity contribution in [3.63, 3.8) is 0 Å². The number of nitrogens with zero attached hydrogens (tertiary/aromatic N) is 2. The Morgan fingerprint density at radius 2 is 2.33 bits per heavy atom. The zero-order valence-corrected chi connectivity index (χ0v) is 11.1. The van der Waals surface area contributed by atoms with E-state index in [4.69, 9.17) is 5.26 Å². The summed E-state index contributed by atoms with van der Waals surface area (Å²) in [5.74, 6) is 0. The molecule has 0 aromatic carbocycles. The van der Waals surface area contributed by atoms with E-state index in [1.807, 2.05) is 23.9 Å². The van der Waals surface area contributed by atoms with E-state index in [0.717, 1.165) is 25.2 Å². The summed E-state index contributed by atoms with van der Waals surface area (Å²) in [4.78, 5) is 0. The minimum Gasteiger partial charge on any atom is -0.342 e. The first kappa shape index (κ1) is 12.9. The van der Waals surface area contributed by atoms with Crippen LogP contribution in [0.2, 0.25) is 0 Å². The maximum Gasteiger partial charge on any atom is 0.120 e. The monoisotopic (exact) mass is 243 g/mol. The molecule has 2 rings (SSSR count). The fourth-order valence-electron chi connectivity index (χ4n) is 2.45. The van der Waals surface area contributed by atoms with Crippen LogP contribution in [0.4, 0.5) is 0 Å². The van der Waals surface area contributed by atoms with Gasteiger partial charge < -0.3 is 9.88 Å². The molecule has 0 bridgehead atoms. The second-order valence-electron chi connectivity index (χ2n) is 4.99. The highest BCUT2D eigenvalue weighted by Gasteiger charge is 2.04. The lowest BCUT2D eigenvalue weighted by atomic mass is 9.97. The lowest BCUT2D eigenvalue weighted by Gasteiger charge is -2.12. The van der Waals surface area contributed by atoms with Crippen LogP contribution in [0.3, 0.4) is 0 Å². The van der Waals surface area contributed by atoms with Crippen molar-refractivity contribution in [2.75, 3.05) is 6.54 Å². The van der Waals surface area contributed by atoms with E-state index in [-0.39, 0.29) is 0 Å². The molecule has 0 amide bonds. The van der Waals surface area contributed by atoms with Crippen molar-refractivity contribution in [3.05, 3.63) is 35.2 Å². The fraction of sp³-hybridized carbons (Fsp3) is 0.533. The Bertz CT molecular complexity index is 463. The van der Waals surface area contributed by atoms with Gasteiger partial charge in [0.25, 0.3) is 0 Å². The van der Waals surface area contributed by atoms with Crippen LogP contribution in [0.15, 0.2) is 23.9 Å². The van der Waals surface area contributed by atoms with Crippen LogP contribution in [0.1, 0.15) is 43.4 Å². The third-order valence-corrected chi connectivity index (χ3v) is 3.51. The van der Waals surface area contributed by atoms with Gasteiger partial charge in [-0.1, -0.05) is 11.6 Å². The minimum absolute atomic E-state index is 0.724. The molecule has 1 heterocycles. The molecule has 0 aliphatic heterocycles. The molecule has 0 unspecified atom stereocenters. The predicted octanol–water partition coefficient (Wildman–Crippen LogP) is 2.88. The molecule has 18 heavy (non-hydrogen) atoms. The Balaban J connectivity index is 1.71. The molecule has 0 radical (unpaired) electrons. The van der Waals surface area contributed by atoms with Crippen molar-refractivity contribution in [1.29, 1.82) is 5.26 Å². The first-order chi connectivity index (χ1) is 8.79. The van der Waals surface area contributed by atoms with Gasteiger partial charge >= 0.3 is 0 Å². The number of hydrogen-bond acceptors (Lipinski definition) is 2. The summed E-state index contributed by atoms with van der Waals surface area (Å²) in [6, 6.07) is 4.14. The Morgan fingerprint density at radius 1 is 1.44 bits per heavy atom. The van der Waals surface area contributed by atoms with Gasteiger partial charge in [0.1, 0.15) is 11.8 Å². The van der Waals surface area contributed by atoms with Crippen LogP contribution in [-0.4, -0.2) is 11.1 Å². The van der Waals surface area contributed by atoms with E-state index in [0.29, 0.717) is 0 Å². The van der Waals surface area contributed by atoms with E-state index in [2.05, 4.69) is 17.5 Å². The van der Waals surface area contributed by atoms with Gasteiger partial charge in [-0.3, -0.25) is 0 Å². The van der Waals surface area contributed by atoms with Crippen molar-refractivity contribution in [2.24, 2.45) is 7.05 Å². The van der Waals surface area contributed by atoms with Gasteiger partial charge in [-0.05, 0) is 50.3 Å². The average Bonchev–Trinajstić information content (AvgIpc) is 2.76. The number of nitrogens with one attached hydrogen (secondary N) is 1. The molecule has 3 nitrogen and oxygen atoms in total. The molecule has 0 atom stereocenters. The Hall–Kier alpha value is -1.53. The number of rotatable bonds is 5. The van der Waals surface area contributed by atoms with Gasteiger partial charge in [0, 0.05) is 19.8 Å². The molecule has 1 aromatic rings. The quantitative estimate of drug-likeness (QED) is 0.638. The van der Waals surface area contributed by atoms with Crippen molar-refractivity contribution in [1.82, 2.24) is 9.88 Å². The average molecular weight is 243 g/mol. The van der Waals surface area contributed by atoms with E-state index < -0.39 is 0 Å². The summed E-state index contributed by atoms with van der Waals surface area (Å²) >= 11 is 0. The van der Waals surface area contributed by atoms with Crippen LogP contribution in [0.5, 0.6) is 0 Å². The third kappa shape index (κ3) is 3.48. The zero-order valence-electron chi connectivity index (χ0n) is 11.1. The highest BCUT2D eigenvalue weighted by atomic mass is 14.9. The maximum absolute atomic E-state index is 8.87. The van der Waals surface area contributed by atoms with Crippen LogP contribution < -0.4 is 5.32 Å². The summed E-state index contributed by atoms with van der Waals surface area (Å²) < 4.78 is 1.88. The van der Waals surface area contributed by atoms with Crippen molar-refractivity contribution >= 4 is 0 Å². The largest absolute Gasteiger partial charge is 0.342 e.